The minimum absolute atomic E-state index is 0.137. The monoisotopic (exact) mass is 380 g/mol. The molecule has 0 bridgehead atoms. The van der Waals surface area contributed by atoms with E-state index >= 15 is 0 Å². The van der Waals surface area contributed by atoms with Crippen LogP contribution in [0.1, 0.15) is 0 Å². The topological polar surface area (TPSA) is 82.6 Å². The van der Waals surface area contributed by atoms with Crippen LogP contribution in [0.3, 0.4) is 0 Å². The van der Waals surface area contributed by atoms with Crippen LogP contribution in [-0.4, -0.2) is 67.5 Å². The summed E-state index contributed by atoms with van der Waals surface area (Å²) in [4.78, 5) is 18.6. The number of thiazole rings is 1. The van der Waals surface area contributed by atoms with E-state index in [1.807, 2.05) is 40.6 Å². The highest BCUT2D eigenvalue weighted by molar-refractivity contribution is 7.88. The Morgan fingerprint density at radius 2 is 1.88 bits per heavy atom. The number of rotatable bonds is 5. The highest BCUT2D eigenvalue weighted by Gasteiger charge is 2.24. The van der Waals surface area contributed by atoms with Crippen molar-refractivity contribution in [3.05, 3.63) is 35.7 Å². The number of carbonyl (C=O) groups is 1. The molecule has 134 valence electrons. The number of nitrogens with one attached hydrogen (secondary N) is 1. The molecule has 3 rings (SSSR count). The molecule has 2 heterocycles. The van der Waals surface area contributed by atoms with Crippen LogP contribution in [0.5, 0.6) is 0 Å². The lowest BCUT2D eigenvalue weighted by Crippen LogP contribution is -2.50. The van der Waals surface area contributed by atoms with Crippen LogP contribution in [0.4, 0.5) is 5.13 Å². The maximum Gasteiger partial charge on any atom is 0.240 e. The molecule has 1 N–H and O–H groups in total. The highest BCUT2D eigenvalue weighted by atomic mass is 32.2. The summed E-state index contributed by atoms with van der Waals surface area (Å²) < 4.78 is 24.4. The van der Waals surface area contributed by atoms with Crippen molar-refractivity contribution in [2.45, 2.75) is 0 Å². The quantitative estimate of drug-likeness (QED) is 0.846. The number of carbonyl (C=O) groups excluding carboxylic acids is 1. The summed E-state index contributed by atoms with van der Waals surface area (Å²) in [5.41, 5.74) is 1.85. The van der Waals surface area contributed by atoms with Crippen LogP contribution >= 0.6 is 11.3 Å². The van der Waals surface area contributed by atoms with Crippen molar-refractivity contribution in [2.24, 2.45) is 0 Å². The van der Waals surface area contributed by atoms with Crippen molar-refractivity contribution in [1.29, 1.82) is 0 Å². The fourth-order valence-electron chi connectivity index (χ4n) is 2.65. The number of aromatic nitrogens is 1. The summed E-state index contributed by atoms with van der Waals surface area (Å²) in [6.45, 7) is 2.17. The van der Waals surface area contributed by atoms with Crippen LogP contribution in [0.15, 0.2) is 35.7 Å². The Morgan fingerprint density at radius 3 is 2.52 bits per heavy atom. The first-order valence-corrected chi connectivity index (χ1v) is 10.6. The Labute approximate surface area is 151 Å². The molecule has 1 aliphatic heterocycles. The van der Waals surface area contributed by atoms with Gasteiger partial charge in [-0.25, -0.2) is 13.4 Å². The molecular formula is C16H20N4O3S2. The van der Waals surface area contributed by atoms with Gasteiger partial charge in [-0.2, -0.15) is 4.31 Å². The number of hydrogen-bond donors (Lipinski definition) is 1. The lowest BCUT2D eigenvalue weighted by Gasteiger charge is -2.32. The minimum atomic E-state index is -3.15. The van der Waals surface area contributed by atoms with Crippen molar-refractivity contribution >= 4 is 32.4 Å². The molecule has 0 atom stereocenters. The standard InChI is InChI=1S/C16H20N4O3S2/c1-25(22,23)20-9-7-19(8-10-20)11-15(21)18-16-17-14(12-24-16)13-5-3-2-4-6-13/h2-6,12H,7-11H2,1H3,(H,17,18,21). The summed E-state index contributed by atoms with van der Waals surface area (Å²) in [7, 11) is -3.15. The molecule has 0 unspecified atom stereocenters. The van der Waals surface area contributed by atoms with Crippen LogP contribution < -0.4 is 5.32 Å². The normalized spacial score (nSPS) is 16.7. The van der Waals surface area contributed by atoms with Crippen molar-refractivity contribution in [3.8, 4) is 11.3 Å². The van der Waals surface area contributed by atoms with Gasteiger partial charge in [0.1, 0.15) is 0 Å². The Morgan fingerprint density at radius 1 is 1.20 bits per heavy atom. The molecule has 1 aromatic heterocycles. The summed E-state index contributed by atoms with van der Waals surface area (Å²) in [6, 6.07) is 9.79. The van der Waals surface area contributed by atoms with Gasteiger partial charge in [-0.1, -0.05) is 30.3 Å². The second-order valence-corrected chi connectivity index (χ2v) is 8.73. The molecule has 0 radical (unpaired) electrons. The molecule has 1 aromatic carbocycles. The van der Waals surface area contributed by atoms with E-state index in [-0.39, 0.29) is 12.5 Å². The number of sulfonamides is 1. The third-order valence-electron chi connectivity index (χ3n) is 3.99. The Kier molecular flexibility index (Phi) is 5.48. The van der Waals surface area contributed by atoms with Crippen LogP contribution in [0.2, 0.25) is 0 Å². The van der Waals surface area contributed by atoms with Crippen molar-refractivity contribution in [1.82, 2.24) is 14.2 Å². The lowest BCUT2D eigenvalue weighted by molar-refractivity contribution is -0.117. The number of amides is 1. The molecule has 0 aliphatic carbocycles. The largest absolute Gasteiger partial charge is 0.301 e. The number of anilines is 1. The van der Waals surface area contributed by atoms with E-state index in [9.17, 15) is 13.2 Å². The maximum atomic E-state index is 12.2. The minimum Gasteiger partial charge on any atom is -0.301 e. The zero-order valence-electron chi connectivity index (χ0n) is 13.9. The van der Waals surface area contributed by atoms with Crippen molar-refractivity contribution in [3.63, 3.8) is 0 Å². The third kappa shape index (κ3) is 4.85. The Hall–Kier alpha value is -1.81. The molecule has 0 saturated carbocycles. The van der Waals surface area contributed by atoms with Gasteiger partial charge < -0.3 is 5.32 Å². The summed E-state index contributed by atoms with van der Waals surface area (Å²) >= 11 is 1.39. The first kappa shape index (κ1) is 18.0. The molecule has 7 nitrogen and oxygen atoms in total. The van der Waals surface area contributed by atoms with Gasteiger partial charge >= 0.3 is 0 Å². The van der Waals surface area contributed by atoms with Gasteiger partial charge in [0.25, 0.3) is 0 Å². The molecular weight excluding hydrogens is 360 g/mol. The second kappa shape index (κ2) is 7.61. The van der Waals surface area contributed by atoms with Gasteiger partial charge in [-0.3, -0.25) is 9.69 Å². The number of nitrogens with zero attached hydrogens (tertiary/aromatic N) is 3. The van der Waals surface area contributed by atoms with Gasteiger partial charge in [-0.15, -0.1) is 11.3 Å². The van der Waals surface area contributed by atoms with Gasteiger partial charge in [0, 0.05) is 37.1 Å². The number of benzene rings is 1. The first-order valence-electron chi connectivity index (χ1n) is 7.90. The van der Waals surface area contributed by atoms with Crippen LogP contribution in [0, 0.1) is 0 Å². The molecule has 1 fully saturated rings. The zero-order chi connectivity index (χ0) is 17.9. The fraction of sp³-hybridized carbons (Fsp3) is 0.375. The maximum absolute atomic E-state index is 12.2. The second-order valence-electron chi connectivity index (χ2n) is 5.89. The van der Waals surface area contributed by atoms with Crippen LogP contribution in [-0.2, 0) is 14.8 Å². The van der Waals surface area contributed by atoms with E-state index < -0.39 is 10.0 Å². The van der Waals surface area contributed by atoms with E-state index in [2.05, 4.69) is 10.3 Å². The van der Waals surface area contributed by atoms with E-state index in [1.165, 1.54) is 21.9 Å². The average Bonchev–Trinajstić information content (AvgIpc) is 3.03. The molecule has 25 heavy (non-hydrogen) atoms. The van der Waals surface area contributed by atoms with E-state index in [0.717, 1.165) is 11.3 Å². The van der Waals surface area contributed by atoms with Gasteiger partial charge in [-0.05, 0) is 0 Å². The van der Waals surface area contributed by atoms with E-state index in [4.69, 9.17) is 0 Å². The smallest absolute Gasteiger partial charge is 0.240 e. The van der Waals surface area contributed by atoms with Crippen molar-refractivity contribution in [2.75, 3.05) is 44.3 Å². The predicted molar refractivity (Wildman–Crippen MR) is 99.0 cm³/mol. The number of hydrogen-bond acceptors (Lipinski definition) is 6. The molecule has 1 saturated heterocycles. The fourth-order valence-corrected chi connectivity index (χ4v) is 4.22. The van der Waals surface area contributed by atoms with Crippen molar-refractivity contribution < 1.29 is 13.2 Å². The zero-order valence-corrected chi connectivity index (χ0v) is 15.5. The molecule has 2 aromatic rings. The highest BCUT2D eigenvalue weighted by Crippen LogP contribution is 2.24. The van der Waals surface area contributed by atoms with Crippen LogP contribution in [0.25, 0.3) is 11.3 Å². The molecule has 1 aliphatic rings. The molecule has 0 spiro atoms. The van der Waals surface area contributed by atoms with E-state index in [0.29, 0.717) is 31.3 Å². The molecule has 1 amide bonds. The summed E-state index contributed by atoms with van der Waals surface area (Å²) in [5, 5.41) is 5.30. The van der Waals surface area contributed by atoms with E-state index in [1.54, 1.807) is 0 Å². The lowest BCUT2D eigenvalue weighted by atomic mass is 10.2. The molecule has 9 heteroatoms. The van der Waals surface area contributed by atoms with Gasteiger partial charge in [0.2, 0.25) is 15.9 Å². The van der Waals surface area contributed by atoms with Gasteiger partial charge in [0.05, 0.1) is 18.5 Å². The van der Waals surface area contributed by atoms with Gasteiger partial charge in [0.15, 0.2) is 5.13 Å². The number of piperazine rings is 1. The third-order valence-corrected chi connectivity index (χ3v) is 6.05. The SMILES string of the molecule is CS(=O)(=O)N1CCN(CC(=O)Nc2nc(-c3ccccc3)cs2)CC1. The predicted octanol–water partition coefficient (Wildman–Crippen LogP) is 1.33. The first-order chi connectivity index (χ1) is 11.9. The summed E-state index contributed by atoms with van der Waals surface area (Å²) in [6.07, 6.45) is 1.21. The Bertz CT molecular complexity index is 828. The average molecular weight is 380 g/mol. The summed E-state index contributed by atoms with van der Waals surface area (Å²) in [5.74, 6) is -0.137. The Balaban J connectivity index is 1.51.